The zero-order valence-corrected chi connectivity index (χ0v) is 11.9. The lowest BCUT2D eigenvalue weighted by Crippen LogP contribution is -2.20. The van der Waals surface area contributed by atoms with Gasteiger partial charge in [-0.25, -0.2) is 0 Å². The minimum absolute atomic E-state index is 0.272. The Hall–Kier alpha value is -0.600. The first-order valence-corrected chi connectivity index (χ1v) is 7.20. The molecule has 2 N–H and O–H groups in total. The SMILES string of the molecule is CC(C)(O)CCC(CCCO)CC1=CCCC=C1. The monoisotopic (exact) mass is 252 g/mol. The summed E-state index contributed by atoms with van der Waals surface area (Å²) in [6.45, 7) is 4.01. The molecule has 0 radical (unpaired) electrons. The summed E-state index contributed by atoms with van der Waals surface area (Å²) in [6.07, 6.45) is 14.0. The predicted molar refractivity (Wildman–Crippen MR) is 76.4 cm³/mol. The van der Waals surface area contributed by atoms with E-state index in [2.05, 4.69) is 18.2 Å². The minimum Gasteiger partial charge on any atom is -0.396 e. The molecule has 0 aromatic heterocycles. The highest BCUT2D eigenvalue weighted by Gasteiger charge is 2.17. The topological polar surface area (TPSA) is 40.5 Å². The van der Waals surface area contributed by atoms with Crippen molar-refractivity contribution in [3.05, 3.63) is 23.8 Å². The molecule has 2 heteroatoms. The van der Waals surface area contributed by atoms with E-state index >= 15 is 0 Å². The standard InChI is InChI=1S/C16H28O2/c1-16(2,18)11-10-15(9-6-12-17)13-14-7-4-3-5-8-14/h4,7-8,15,17-18H,3,5-6,9-13H2,1-2H3. The van der Waals surface area contributed by atoms with Crippen molar-refractivity contribution in [2.75, 3.05) is 6.61 Å². The average molecular weight is 252 g/mol. The molecule has 0 saturated heterocycles. The highest BCUT2D eigenvalue weighted by molar-refractivity contribution is 5.22. The van der Waals surface area contributed by atoms with Crippen molar-refractivity contribution in [2.24, 2.45) is 5.92 Å². The van der Waals surface area contributed by atoms with Gasteiger partial charge in [-0.15, -0.1) is 0 Å². The Morgan fingerprint density at radius 1 is 1.28 bits per heavy atom. The van der Waals surface area contributed by atoms with Crippen LogP contribution in [0.2, 0.25) is 0 Å². The number of aliphatic hydroxyl groups is 2. The molecule has 1 rings (SSSR count). The van der Waals surface area contributed by atoms with Crippen LogP contribution in [0.25, 0.3) is 0 Å². The highest BCUT2D eigenvalue weighted by Crippen LogP contribution is 2.27. The molecular weight excluding hydrogens is 224 g/mol. The first kappa shape index (κ1) is 15.5. The van der Waals surface area contributed by atoms with E-state index in [1.165, 1.54) is 5.57 Å². The second kappa shape index (κ2) is 7.75. The van der Waals surface area contributed by atoms with E-state index in [-0.39, 0.29) is 6.61 Å². The lowest BCUT2D eigenvalue weighted by molar-refractivity contribution is 0.0626. The lowest BCUT2D eigenvalue weighted by atomic mass is 9.86. The summed E-state index contributed by atoms with van der Waals surface area (Å²) in [6, 6.07) is 0. The molecule has 0 amide bonds. The van der Waals surface area contributed by atoms with E-state index < -0.39 is 5.60 Å². The van der Waals surface area contributed by atoms with Crippen LogP contribution in [0.15, 0.2) is 23.8 Å². The van der Waals surface area contributed by atoms with E-state index in [9.17, 15) is 5.11 Å². The molecule has 0 aliphatic heterocycles. The molecule has 18 heavy (non-hydrogen) atoms. The molecule has 0 fully saturated rings. The minimum atomic E-state index is -0.575. The summed E-state index contributed by atoms with van der Waals surface area (Å²) >= 11 is 0. The molecule has 1 atom stereocenters. The van der Waals surface area contributed by atoms with Crippen LogP contribution in [-0.2, 0) is 0 Å². The van der Waals surface area contributed by atoms with Crippen molar-refractivity contribution in [1.29, 1.82) is 0 Å². The molecule has 2 nitrogen and oxygen atoms in total. The molecule has 0 aromatic carbocycles. The van der Waals surface area contributed by atoms with Gasteiger partial charge < -0.3 is 10.2 Å². The van der Waals surface area contributed by atoms with Gasteiger partial charge in [-0.2, -0.15) is 0 Å². The van der Waals surface area contributed by atoms with Crippen molar-refractivity contribution in [3.63, 3.8) is 0 Å². The van der Waals surface area contributed by atoms with Crippen LogP contribution < -0.4 is 0 Å². The van der Waals surface area contributed by atoms with Gasteiger partial charge in [0.05, 0.1) is 5.60 Å². The Morgan fingerprint density at radius 2 is 2.06 bits per heavy atom. The van der Waals surface area contributed by atoms with Crippen LogP contribution in [-0.4, -0.2) is 22.4 Å². The zero-order valence-electron chi connectivity index (χ0n) is 11.9. The van der Waals surface area contributed by atoms with Gasteiger partial charge in [0.1, 0.15) is 0 Å². The summed E-state index contributed by atoms with van der Waals surface area (Å²) in [4.78, 5) is 0. The first-order valence-electron chi connectivity index (χ1n) is 7.20. The van der Waals surface area contributed by atoms with Gasteiger partial charge in [-0.3, -0.25) is 0 Å². The summed E-state index contributed by atoms with van der Waals surface area (Å²) in [5, 5.41) is 18.8. The van der Waals surface area contributed by atoms with Crippen LogP contribution >= 0.6 is 0 Å². The van der Waals surface area contributed by atoms with Crippen molar-refractivity contribution >= 4 is 0 Å². The van der Waals surface area contributed by atoms with E-state index in [4.69, 9.17) is 5.11 Å². The fourth-order valence-electron chi connectivity index (χ4n) is 2.44. The predicted octanol–water partition coefficient (Wildman–Crippen LogP) is 3.59. The Morgan fingerprint density at radius 3 is 2.61 bits per heavy atom. The summed E-state index contributed by atoms with van der Waals surface area (Å²) in [5.74, 6) is 0.581. The van der Waals surface area contributed by atoms with Gasteiger partial charge in [-0.1, -0.05) is 23.8 Å². The van der Waals surface area contributed by atoms with Crippen molar-refractivity contribution in [3.8, 4) is 0 Å². The smallest absolute Gasteiger partial charge is 0.0591 e. The molecule has 0 spiro atoms. The number of rotatable bonds is 8. The Bertz CT molecular complexity index is 284. The van der Waals surface area contributed by atoms with Crippen molar-refractivity contribution in [1.82, 2.24) is 0 Å². The molecule has 0 saturated carbocycles. The fourth-order valence-corrected chi connectivity index (χ4v) is 2.44. The number of aliphatic hydroxyl groups excluding tert-OH is 1. The van der Waals surface area contributed by atoms with Gasteiger partial charge in [-0.05, 0) is 64.7 Å². The molecule has 0 bridgehead atoms. The lowest BCUT2D eigenvalue weighted by Gasteiger charge is -2.23. The van der Waals surface area contributed by atoms with Crippen LogP contribution in [0.5, 0.6) is 0 Å². The maximum Gasteiger partial charge on any atom is 0.0591 e. The largest absolute Gasteiger partial charge is 0.396 e. The van der Waals surface area contributed by atoms with Gasteiger partial charge in [0.25, 0.3) is 0 Å². The molecule has 1 unspecified atom stereocenters. The molecule has 1 aliphatic carbocycles. The van der Waals surface area contributed by atoms with E-state index in [0.717, 1.165) is 44.9 Å². The van der Waals surface area contributed by atoms with Crippen LogP contribution in [0.1, 0.15) is 58.8 Å². The van der Waals surface area contributed by atoms with E-state index in [1.807, 2.05) is 13.8 Å². The van der Waals surface area contributed by atoms with E-state index in [0.29, 0.717) is 5.92 Å². The van der Waals surface area contributed by atoms with Crippen molar-refractivity contribution in [2.45, 2.75) is 64.4 Å². The normalized spacial score (nSPS) is 17.7. The summed E-state index contributed by atoms with van der Waals surface area (Å²) < 4.78 is 0. The number of hydrogen-bond donors (Lipinski definition) is 2. The molecule has 0 aromatic rings. The second-order valence-electron chi connectivity index (χ2n) is 6.05. The zero-order chi connectivity index (χ0) is 13.4. The van der Waals surface area contributed by atoms with Crippen LogP contribution in [0.3, 0.4) is 0 Å². The van der Waals surface area contributed by atoms with Gasteiger partial charge >= 0.3 is 0 Å². The molecular formula is C16H28O2. The Kier molecular flexibility index (Phi) is 6.66. The summed E-state index contributed by atoms with van der Waals surface area (Å²) in [7, 11) is 0. The average Bonchev–Trinajstić information content (AvgIpc) is 2.33. The van der Waals surface area contributed by atoms with Gasteiger partial charge in [0.2, 0.25) is 0 Å². The maximum absolute atomic E-state index is 9.82. The quantitative estimate of drug-likeness (QED) is 0.693. The third kappa shape index (κ3) is 6.97. The Balaban J connectivity index is 2.44. The second-order valence-corrected chi connectivity index (χ2v) is 6.05. The fraction of sp³-hybridized carbons (Fsp3) is 0.750. The van der Waals surface area contributed by atoms with Crippen LogP contribution in [0.4, 0.5) is 0 Å². The van der Waals surface area contributed by atoms with Crippen molar-refractivity contribution < 1.29 is 10.2 Å². The highest BCUT2D eigenvalue weighted by atomic mass is 16.3. The molecule has 0 heterocycles. The third-order valence-electron chi connectivity index (χ3n) is 3.53. The van der Waals surface area contributed by atoms with E-state index in [1.54, 1.807) is 0 Å². The number of hydrogen-bond acceptors (Lipinski definition) is 2. The van der Waals surface area contributed by atoms with Crippen LogP contribution in [0, 0.1) is 5.92 Å². The maximum atomic E-state index is 9.82. The Labute approximate surface area is 111 Å². The molecule has 1 aliphatic rings. The van der Waals surface area contributed by atoms with Gasteiger partial charge in [0.15, 0.2) is 0 Å². The molecule has 104 valence electrons. The summed E-state index contributed by atoms with van der Waals surface area (Å²) in [5.41, 5.74) is 0.855. The number of allylic oxidation sites excluding steroid dienone is 4. The first-order chi connectivity index (χ1) is 8.51. The van der Waals surface area contributed by atoms with Gasteiger partial charge in [0, 0.05) is 6.61 Å². The third-order valence-corrected chi connectivity index (χ3v) is 3.53.